The SMILES string of the molecule is Cc1ncc(NC(=O)CC2CCNC2)cc1NC(=O)c1cnn2cc(-c3cnn(C)c3)sc12. The highest BCUT2D eigenvalue weighted by atomic mass is 32.1. The van der Waals surface area contributed by atoms with Gasteiger partial charge in [0.2, 0.25) is 5.91 Å². The number of rotatable bonds is 6. The third-order valence-electron chi connectivity index (χ3n) is 5.69. The third kappa shape index (κ3) is 4.50. The van der Waals surface area contributed by atoms with Gasteiger partial charge in [0.05, 0.1) is 46.1 Å². The number of fused-ring (bicyclic) bond motifs is 1. The van der Waals surface area contributed by atoms with Crippen LogP contribution in [0.15, 0.2) is 37.1 Å². The molecule has 0 spiro atoms. The van der Waals surface area contributed by atoms with E-state index in [0.29, 0.717) is 35.0 Å². The molecule has 1 aliphatic rings. The Labute approximate surface area is 194 Å². The summed E-state index contributed by atoms with van der Waals surface area (Å²) in [5.41, 5.74) is 3.20. The van der Waals surface area contributed by atoms with Crippen molar-refractivity contribution < 1.29 is 9.59 Å². The number of aromatic nitrogens is 5. The minimum absolute atomic E-state index is 0.0495. The number of nitrogens with zero attached hydrogens (tertiary/aromatic N) is 5. The first-order valence-corrected chi connectivity index (χ1v) is 11.5. The molecular formula is C22H24N8O2S. The Kier molecular flexibility index (Phi) is 5.65. The van der Waals surface area contributed by atoms with E-state index in [4.69, 9.17) is 0 Å². The Balaban J connectivity index is 1.32. The van der Waals surface area contributed by atoms with Crippen LogP contribution < -0.4 is 16.0 Å². The standard InChI is InChI=1S/C22H24N8O2S/c1-13-18(6-16(9-24-13)27-20(31)5-14-3-4-23-7-14)28-21(32)17-10-26-30-12-19(33-22(17)30)15-8-25-29(2)11-15/h6,8-12,14,23H,3-5,7H2,1-2H3,(H,27,31)(H,28,32). The van der Waals surface area contributed by atoms with Gasteiger partial charge in [-0.05, 0) is 38.4 Å². The van der Waals surface area contributed by atoms with E-state index >= 15 is 0 Å². The average Bonchev–Trinajstić information content (AvgIpc) is 3.55. The molecule has 0 bridgehead atoms. The molecule has 1 atom stereocenters. The quantitative estimate of drug-likeness (QED) is 0.404. The molecule has 0 aromatic carbocycles. The van der Waals surface area contributed by atoms with Crippen molar-refractivity contribution in [2.24, 2.45) is 13.0 Å². The molecule has 5 rings (SSSR count). The maximum atomic E-state index is 13.1. The van der Waals surface area contributed by atoms with Crippen molar-refractivity contribution in [3.05, 3.63) is 48.3 Å². The third-order valence-corrected chi connectivity index (χ3v) is 6.85. The number of aryl methyl sites for hydroxylation is 2. The van der Waals surface area contributed by atoms with E-state index in [1.54, 1.807) is 33.9 Å². The molecular weight excluding hydrogens is 440 g/mol. The lowest BCUT2D eigenvalue weighted by Crippen LogP contribution is -2.19. The lowest BCUT2D eigenvalue weighted by atomic mass is 10.0. The van der Waals surface area contributed by atoms with Gasteiger partial charge in [0, 0.05) is 31.4 Å². The summed E-state index contributed by atoms with van der Waals surface area (Å²) < 4.78 is 3.43. The van der Waals surface area contributed by atoms with Gasteiger partial charge in [0.25, 0.3) is 5.91 Å². The second kappa shape index (κ2) is 8.75. The highest BCUT2D eigenvalue weighted by Crippen LogP contribution is 2.30. The summed E-state index contributed by atoms with van der Waals surface area (Å²) in [6.07, 6.45) is 10.2. The Morgan fingerprint density at radius 1 is 1.21 bits per heavy atom. The normalized spacial score (nSPS) is 15.8. The molecule has 1 unspecified atom stereocenters. The van der Waals surface area contributed by atoms with Gasteiger partial charge in [-0.15, -0.1) is 11.3 Å². The Morgan fingerprint density at radius 3 is 2.85 bits per heavy atom. The van der Waals surface area contributed by atoms with Crippen LogP contribution in [0, 0.1) is 12.8 Å². The topological polar surface area (TPSA) is 118 Å². The van der Waals surface area contributed by atoms with E-state index in [1.807, 2.05) is 26.4 Å². The highest BCUT2D eigenvalue weighted by molar-refractivity contribution is 7.21. The summed E-state index contributed by atoms with van der Waals surface area (Å²) in [7, 11) is 1.86. The van der Waals surface area contributed by atoms with Crippen molar-refractivity contribution in [1.29, 1.82) is 0 Å². The Bertz CT molecular complexity index is 1330. The maximum absolute atomic E-state index is 13.1. The van der Waals surface area contributed by atoms with Gasteiger partial charge < -0.3 is 16.0 Å². The molecule has 1 aliphatic heterocycles. The summed E-state index contributed by atoms with van der Waals surface area (Å²) in [6.45, 7) is 3.63. The summed E-state index contributed by atoms with van der Waals surface area (Å²) in [5, 5.41) is 17.6. The number of carbonyl (C=O) groups excluding carboxylic acids is 2. The fourth-order valence-corrected chi connectivity index (χ4v) is 4.94. The van der Waals surface area contributed by atoms with Crippen molar-refractivity contribution in [1.82, 2.24) is 29.7 Å². The van der Waals surface area contributed by atoms with Crippen molar-refractivity contribution in [3.8, 4) is 10.4 Å². The summed E-state index contributed by atoms with van der Waals surface area (Å²) >= 11 is 1.48. The molecule has 4 aromatic rings. The smallest absolute Gasteiger partial charge is 0.260 e. The molecule has 33 heavy (non-hydrogen) atoms. The molecule has 3 N–H and O–H groups in total. The summed E-state index contributed by atoms with van der Waals surface area (Å²) in [6, 6.07) is 1.74. The van der Waals surface area contributed by atoms with Crippen LogP contribution >= 0.6 is 11.3 Å². The molecule has 5 heterocycles. The number of anilines is 2. The van der Waals surface area contributed by atoms with Crippen molar-refractivity contribution in [2.75, 3.05) is 23.7 Å². The van der Waals surface area contributed by atoms with Crippen molar-refractivity contribution in [3.63, 3.8) is 0 Å². The Morgan fingerprint density at radius 2 is 2.09 bits per heavy atom. The molecule has 11 heteroatoms. The van der Waals surface area contributed by atoms with Gasteiger partial charge >= 0.3 is 0 Å². The largest absolute Gasteiger partial charge is 0.325 e. The minimum Gasteiger partial charge on any atom is -0.325 e. The fraction of sp³-hybridized carbons (Fsp3) is 0.318. The number of pyridine rings is 1. The minimum atomic E-state index is -0.282. The van der Waals surface area contributed by atoms with Gasteiger partial charge in [-0.25, -0.2) is 4.52 Å². The maximum Gasteiger partial charge on any atom is 0.260 e. The number of hydrogen-bond acceptors (Lipinski definition) is 7. The first-order valence-electron chi connectivity index (χ1n) is 10.7. The lowest BCUT2D eigenvalue weighted by Gasteiger charge is -2.12. The number of carbonyl (C=O) groups is 2. The number of hydrogen-bond donors (Lipinski definition) is 3. The predicted molar refractivity (Wildman–Crippen MR) is 126 cm³/mol. The molecule has 10 nitrogen and oxygen atoms in total. The first kappa shape index (κ1) is 21.3. The van der Waals surface area contributed by atoms with Crippen LogP contribution in [0.1, 0.15) is 28.9 Å². The zero-order valence-corrected chi connectivity index (χ0v) is 19.1. The van der Waals surface area contributed by atoms with Gasteiger partial charge in [0.15, 0.2) is 0 Å². The second-order valence-corrected chi connectivity index (χ2v) is 9.26. The van der Waals surface area contributed by atoms with E-state index in [9.17, 15) is 9.59 Å². The van der Waals surface area contributed by atoms with Crippen molar-refractivity contribution in [2.45, 2.75) is 19.8 Å². The first-order chi connectivity index (χ1) is 16.0. The van der Waals surface area contributed by atoms with Crippen LogP contribution in [0.3, 0.4) is 0 Å². The van der Waals surface area contributed by atoms with Crippen LogP contribution in [0.5, 0.6) is 0 Å². The van der Waals surface area contributed by atoms with Gasteiger partial charge in [0.1, 0.15) is 4.83 Å². The molecule has 2 amide bonds. The number of amides is 2. The summed E-state index contributed by atoms with van der Waals surface area (Å²) in [5.74, 6) is 0.0242. The molecule has 0 radical (unpaired) electrons. The van der Waals surface area contributed by atoms with Gasteiger partial charge in [-0.3, -0.25) is 19.3 Å². The molecule has 1 fully saturated rings. The average molecular weight is 465 g/mol. The number of nitrogens with one attached hydrogen (secondary N) is 3. The van der Waals surface area contributed by atoms with E-state index in [1.165, 1.54) is 11.3 Å². The molecule has 0 saturated carbocycles. The second-order valence-electron chi connectivity index (χ2n) is 8.23. The lowest BCUT2D eigenvalue weighted by molar-refractivity contribution is -0.116. The number of thiazole rings is 1. The summed E-state index contributed by atoms with van der Waals surface area (Å²) in [4.78, 5) is 31.5. The van der Waals surface area contributed by atoms with Gasteiger partial charge in [-0.2, -0.15) is 10.2 Å². The fourth-order valence-electron chi connectivity index (χ4n) is 3.90. The van der Waals surface area contributed by atoms with Crippen LogP contribution in [0.2, 0.25) is 0 Å². The predicted octanol–water partition coefficient (Wildman–Crippen LogP) is 2.69. The van der Waals surface area contributed by atoms with Crippen molar-refractivity contribution >= 4 is 39.4 Å². The van der Waals surface area contributed by atoms with Gasteiger partial charge in [-0.1, -0.05) is 0 Å². The van der Waals surface area contributed by atoms with Crippen LogP contribution in [-0.4, -0.2) is 49.3 Å². The van der Waals surface area contributed by atoms with E-state index in [-0.39, 0.29) is 11.8 Å². The van der Waals surface area contributed by atoms with Crippen LogP contribution in [0.4, 0.5) is 11.4 Å². The highest BCUT2D eigenvalue weighted by Gasteiger charge is 2.20. The van der Waals surface area contributed by atoms with Crippen LogP contribution in [0.25, 0.3) is 15.3 Å². The molecule has 0 aliphatic carbocycles. The van der Waals surface area contributed by atoms with Crippen LogP contribution in [-0.2, 0) is 11.8 Å². The zero-order chi connectivity index (χ0) is 22.9. The molecule has 170 valence electrons. The zero-order valence-electron chi connectivity index (χ0n) is 18.3. The Hall–Kier alpha value is -3.57. The monoisotopic (exact) mass is 464 g/mol. The molecule has 1 saturated heterocycles. The molecule has 4 aromatic heterocycles. The van der Waals surface area contributed by atoms with E-state index in [2.05, 4.69) is 31.1 Å². The van der Waals surface area contributed by atoms with E-state index < -0.39 is 0 Å². The van der Waals surface area contributed by atoms with E-state index in [0.717, 1.165) is 34.8 Å².